The van der Waals surface area contributed by atoms with Crippen LogP contribution in [0.4, 0.5) is 0 Å². The third kappa shape index (κ3) is 7.92. The molecule has 2 rings (SSSR count). The van der Waals surface area contributed by atoms with Crippen LogP contribution in [0.1, 0.15) is 35.7 Å². The van der Waals surface area contributed by atoms with Crippen molar-refractivity contribution >= 4 is 17.7 Å². The second-order valence-electron chi connectivity index (χ2n) is 5.41. The topological polar surface area (TPSA) is 104 Å². The van der Waals surface area contributed by atoms with E-state index in [1.165, 1.54) is 12.8 Å². The lowest BCUT2D eigenvalue weighted by molar-refractivity contribution is -0.134. The lowest BCUT2D eigenvalue weighted by Crippen LogP contribution is -2.35. The first-order valence-electron chi connectivity index (χ1n) is 7.30. The second-order valence-corrected chi connectivity index (χ2v) is 5.41. The summed E-state index contributed by atoms with van der Waals surface area (Å²) in [5.41, 5.74) is 1.95. The number of ketones is 1. The van der Waals surface area contributed by atoms with Gasteiger partial charge in [0.15, 0.2) is 5.78 Å². The Labute approximate surface area is 134 Å². The molecule has 124 valence electrons. The van der Waals surface area contributed by atoms with Gasteiger partial charge in [-0.15, -0.1) is 0 Å². The van der Waals surface area contributed by atoms with Crippen molar-refractivity contribution in [1.82, 2.24) is 5.32 Å². The maximum atomic E-state index is 12.0. The lowest BCUT2D eigenvalue weighted by atomic mass is 10.0. The highest BCUT2D eigenvalue weighted by atomic mass is 16.4. The van der Waals surface area contributed by atoms with Gasteiger partial charge in [-0.25, -0.2) is 9.59 Å². The number of nitrogens with one attached hydrogen (secondary N) is 1. The molecule has 1 fully saturated rings. The first kappa shape index (κ1) is 18.6. The summed E-state index contributed by atoms with van der Waals surface area (Å²) < 4.78 is 0. The fraction of sp³-hybridized carbons (Fsp3) is 0.353. The Hall–Kier alpha value is -2.47. The van der Waals surface area contributed by atoms with Crippen LogP contribution in [0.3, 0.4) is 0 Å². The molecule has 1 saturated carbocycles. The van der Waals surface area contributed by atoms with Crippen LogP contribution in [0.2, 0.25) is 0 Å². The molecule has 1 unspecified atom stereocenters. The smallest absolute Gasteiger partial charge is 0.328 e. The summed E-state index contributed by atoms with van der Waals surface area (Å²) in [5, 5.41) is 18.9. The molecule has 0 amide bonds. The van der Waals surface area contributed by atoms with E-state index in [1.807, 2.05) is 38.1 Å². The Kier molecular flexibility index (Phi) is 7.15. The third-order valence-corrected chi connectivity index (χ3v) is 3.13. The number of Topliss-reactive ketones (excluding diaryl/α,β-unsaturated/α-hetero) is 1. The molecule has 0 bridgehead atoms. The highest BCUT2D eigenvalue weighted by Crippen LogP contribution is 2.20. The minimum absolute atomic E-state index is 0.0562. The largest absolute Gasteiger partial charge is 0.478 e. The number of rotatable bonds is 6. The number of carboxylic acids is 2. The molecule has 1 aromatic rings. The van der Waals surface area contributed by atoms with Crippen LogP contribution in [-0.2, 0) is 9.59 Å². The molecule has 1 aliphatic rings. The Bertz CT molecular complexity index is 589. The molecule has 1 aliphatic carbocycles. The number of carbonyl (C=O) groups excluding carboxylic acids is 1. The highest BCUT2D eigenvalue weighted by Gasteiger charge is 2.25. The number of aliphatic carboxylic acids is 2. The maximum absolute atomic E-state index is 12.0. The van der Waals surface area contributed by atoms with Crippen molar-refractivity contribution in [2.45, 2.75) is 38.8 Å². The van der Waals surface area contributed by atoms with E-state index in [4.69, 9.17) is 10.2 Å². The molecule has 0 saturated heterocycles. The minimum Gasteiger partial charge on any atom is -0.478 e. The highest BCUT2D eigenvalue weighted by molar-refractivity contribution is 6.00. The van der Waals surface area contributed by atoms with Crippen molar-refractivity contribution in [3.8, 4) is 0 Å². The summed E-state index contributed by atoms with van der Waals surface area (Å²) in [5.74, 6) is -2.31. The van der Waals surface area contributed by atoms with Gasteiger partial charge in [-0.1, -0.05) is 23.8 Å². The van der Waals surface area contributed by atoms with Crippen molar-refractivity contribution in [3.63, 3.8) is 0 Å². The fourth-order valence-corrected chi connectivity index (χ4v) is 1.87. The summed E-state index contributed by atoms with van der Waals surface area (Å²) >= 11 is 0. The predicted molar refractivity (Wildman–Crippen MR) is 85.5 cm³/mol. The molecule has 0 heterocycles. The van der Waals surface area contributed by atoms with Gasteiger partial charge >= 0.3 is 11.9 Å². The standard InChI is InChI=1S/C13H17NO.C4H4O4/c1-9-4-3-5-11(8-9)13(15)10(2)14-12-6-7-12;5-3(6)1-2-4(7)8/h3-5,8,10,12,14H,6-7H2,1-2H3;1-2H,(H,5,6)(H,7,8)/b;2-1+. The number of hydrogen-bond acceptors (Lipinski definition) is 4. The molecule has 6 nitrogen and oxygen atoms in total. The molecule has 0 aromatic heterocycles. The molecule has 0 radical (unpaired) electrons. The molecular weight excluding hydrogens is 298 g/mol. The molecule has 0 spiro atoms. The van der Waals surface area contributed by atoms with E-state index in [2.05, 4.69) is 5.32 Å². The Morgan fingerprint density at radius 2 is 1.74 bits per heavy atom. The number of aryl methyl sites for hydroxylation is 1. The van der Waals surface area contributed by atoms with Gasteiger partial charge < -0.3 is 15.5 Å². The van der Waals surface area contributed by atoms with E-state index in [9.17, 15) is 14.4 Å². The molecule has 3 N–H and O–H groups in total. The molecule has 0 aliphatic heterocycles. The molecule has 23 heavy (non-hydrogen) atoms. The predicted octanol–water partition coefficient (Wildman–Crippen LogP) is 2.03. The van der Waals surface area contributed by atoms with Crippen LogP contribution in [0.25, 0.3) is 0 Å². The van der Waals surface area contributed by atoms with Gasteiger partial charge in [0.2, 0.25) is 0 Å². The van der Waals surface area contributed by atoms with Gasteiger partial charge in [0, 0.05) is 23.8 Å². The zero-order valence-electron chi connectivity index (χ0n) is 13.2. The van der Waals surface area contributed by atoms with Crippen LogP contribution < -0.4 is 5.32 Å². The average Bonchev–Trinajstić information content (AvgIpc) is 3.29. The first-order valence-corrected chi connectivity index (χ1v) is 7.30. The zero-order chi connectivity index (χ0) is 17.4. The summed E-state index contributed by atoms with van der Waals surface area (Å²) in [6.45, 7) is 3.96. The second kappa shape index (κ2) is 8.85. The maximum Gasteiger partial charge on any atom is 0.328 e. The van der Waals surface area contributed by atoms with E-state index in [-0.39, 0.29) is 11.8 Å². The van der Waals surface area contributed by atoms with Crippen molar-refractivity contribution < 1.29 is 24.6 Å². The average molecular weight is 319 g/mol. The van der Waals surface area contributed by atoms with Crippen molar-refractivity contribution in [2.75, 3.05) is 0 Å². The van der Waals surface area contributed by atoms with Crippen LogP contribution in [-0.4, -0.2) is 40.0 Å². The fourth-order valence-electron chi connectivity index (χ4n) is 1.87. The SMILES string of the molecule is Cc1cccc(C(=O)C(C)NC2CC2)c1.O=C(O)/C=C/C(=O)O. The Balaban J connectivity index is 0.000000284. The molecule has 6 heteroatoms. The summed E-state index contributed by atoms with van der Waals surface area (Å²) in [7, 11) is 0. The zero-order valence-corrected chi connectivity index (χ0v) is 13.2. The minimum atomic E-state index is -1.26. The van der Waals surface area contributed by atoms with Gasteiger partial charge in [-0.2, -0.15) is 0 Å². The summed E-state index contributed by atoms with van der Waals surface area (Å²) in [6, 6.07) is 8.31. The molecular formula is C17H21NO5. The van der Waals surface area contributed by atoms with Crippen molar-refractivity contribution in [2.24, 2.45) is 0 Å². The Morgan fingerprint density at radius 3 is 2.17 bits per heavy atom. The van der Waals surface area contributed by atoms with E-state index in [1.54, 1.807) is 0 Å². The normalized spacial score (nSPS) is 14.7. The number of carbonyl (C=O) groups is 3. The number of hydrogen-bond donors (Lipinski definition) is 3. The van der Waals surface area contributed by atoms with Crippen LogP contribution in [0.5, 0.6) is 0 Å². The van der Waals surface area contributed by atoms with Gasteiger partial charge in [-0.3, -0.25) is 4.79 Å². The van der Waals surface area contributed by atoms with Crippen molar-refractivity contribution in [3.05, 3.63) is 47.5 Å². The van der Waals surface area contributed by atoms with E-state index in [0.717, 1.165) is 11.1 Å². The van der Waals surface area contributed by atoms with E-state index in [0.29, 0.717) is 18.2 Å². The van der Waals surface area contributed by atoms with Gasteiger partial charge in [-0.05, 0) is 32.8 Å². The number of benzene rings is 1. The quantitative estimate of drug-likeness (QED) is 0.547. The third-order valence-electron chi connectivity index (χ3n) is 3.13. The van der Waals surface area contributed by atoms with Crippen LogP contribution >= 0.6 is 0 Å². The number of carboxylic acid groups (broad SMARTS) is 2. The van der Waals surface area contributed by atoms with E-state index >= 15 is 0 Å². The van der Waals surface area contributed by atoms with Gasteiger partial charge in [0.1, 0.15) is 0 Å². The van der Waals surface area contributed by atoms with Gasteiger partial charge in [0.25, 0.3) is 0 Å². The van der Waals surface area contributed by atoms with Crippen LogP contribution in [0.15, 0.2) is 36.4 Å². The Morgan fingerprint density at radius 1 is 1.17 bits per heavy atom. The van der Waals surface area contributed by atoms with Crippen LogP contribution in [0, 0.1) is 6.92 Å². The van der Waals surface area contributed by atoms with Crippen molar-refractivity contribution in [1.29, 1.82) is 0 Å². The molecule has 1 aromatic carbocycles. The summed E-state index contributed by atoms with van der Waals surface area (Å²) in [6.07, 6.45) is 3.54. The lowest BCUT2D eigenvalue weighted by Gasteiger charge is -2.12. The monoisotopic (exact) mass is 319 g/mol. The molecule has 1 atom stereocenters. The first-order chi connectivity index (χ1) is 10.8. The van der Waals surface area contributed by atoms with Gasteiger partial charge in [0.05, 0.1) is 6.04 Å². The van der Waals surface area contributed by atoms with E-state index < -0.39 is 11.9 Å². The summed E-state index contributed by atoms with van der Waals surface area (Å²) in [4.78, 5) is 31.1.